The van der Waals surface area contributed by atoms with Crippen LogP contribution in [0.2, 0.25) is 0 Å². The van der Waals surface area contributed by atoms with Crippen molar-refractivity contribution in [3.8, 4) is 0 Å². The summed E-state index contributed by atoms with van der Waals surface area (Å²) in [7, 11) is -3.53. The third-order valence-electron chi connectivity index (χ3n) is 2.60. The molecule has 0 heterocycles. The molecule has 0 rings (SSSR count). The van der Waals surface area contributed by atoms with Gasteiger partial charge >= 0.3 is 5.97 Å². The van der Waals surface area contributed by atoms with E-state index in [1.54, 1.807) is 20.8 Å². The molecule has 0 amide bonds. The van der Waals surface area contributed by atoms with Crippen molar-refractivity contribution in [2.24, 2.45) is 0 Å². The van der Waals surface area contributed by atoms with E-state index in [1.165, 1.54) is 0 Å². The molecule has 1 N–H and O–H groups in total. The standard InChI is InChI=1S/C9H18O4S/c1-4-7-14(12,13)9(5-2,6-3)8(10)11/h4-7H2,1-3H3,(H,10,11). The molecule has 4 nitrogen and oxygen atoms in total. The minimum absolute atomic E-state index is 0.0546. The Morgan fingerprint density at radius 1 is 1.21 bits per heavy atom. The van der Waals surface area contributed by atoms with Crippen LogP contribution >= 0.6 is 0 Å². The summed E-state index contributed by atoms with van der Waals surface area (Å²) in [4.78, 5) is 11.0. The average molecular weight is 222 g/mol. The quantitative estimate of drug-likeness (QED) is 0.738. The van der Waals surface area contributed by atoms with Crippen molar-refractivity contribution in [1.82, 2.24) is 0 Å². The molecule has 0 aromatic heterocycles. The monoisotopic (exact) mass is 222 g/mol. The first-order valence-corrected chi connectivity index (χ1v) is 6.48. The first kappa shape index (κ1) is 13.4. The highest BCUT2D eigenvalue weighted by Gasteiger charge is 2.47. The lowest BCUT2D eigenvalue weighted by Gasteiger charge is -2.26. The summed E-state index contributed by atoms with van der Waals surface area (Å²) in [5.41, 5.74) is 0. The Bertz CT molecular complexity index is 288. The fourth-order valence-corrected chi connectivity index (χ4v) is 3.66. The number of hydrogen-bond acceptors (Lipinski definition) is 3. The van der Waals surface area contributed by atoms with Crippen LogP contribution in [0, 0.1) is 0 Å². The first-order valence-electron chi connectivity index (χ1n) is 4.83. The second-order valence-electron chi connectivity index (χ2n) is 3.33. The summed E-state index contributed by atoms with van der Waals surface area (Å²) in [6, 6.07) is 0. The third kappa shape index (κ3) is 2.08. The number of aliphatic carboxylic acids is 1. The van der Waals surface area contributed by atoms with Gasteiger partial charge < -0.3 is 5.11 Å². The fourth-order valence-electron chi connectivity index (χ4n) is 1.59. The minimum atomic E-state index is -3.53. The summed E-state index contributed by atoms with van der Waals surface area (Å²) >= 11 is 0. The van der Waals surface area contributed by atoms with Gasteiger partial charge in [-0.05, 0) is 19.3 Å². The van der Waals surface area contributed by atoms with Crippen LogP contribution in [0.5, 0.6) is 0 Å². The Morgan fingerprint density at radius 3 is 1.86 bits per heavy atom. The van der Waals surface area contributed by atoms with Crippen molar-refractivity contribution < 1.29 is 18.3 Å². The lowest BCUT2D eigenvalue weighted by atomic mass is 10.0. The maximum absolute atomic E-state index is 11.8. The van der Waals surface area contributed by atoms with Gasteiger partial charge in [0.25, 0.3) is 0 Å². The summed E-state index contributed by atoms with van der Waals surface area (Å²) in [5, 5.41) is 9.01. The van der Waals surface area contributed by atoms with Gasteiger partial charge in [0, 0.05) is 0 Å². The predicted molar refractivity (Wildman–Crippen MR) is 55.0 cm³/mol. The Kier molecular flexibility index (Phi) is 4.58. The van der Waals surface area contributed by atoms with Gasteiger partial charge in [0.05, 0.1) is 5.75 Å². The van der Waals surface area contributed by atoms with Gasteiger partial charge in [-0.1, -0.05) is 20.8 Å². The van der Waals surface area contributed by atoms with Gasteiger partial charge in [-0.2, -0.15) is 0 Å². The maximum Gasteiger partial charge on any atom is 0.325 e. The van der Waals surface area contributed by atoms with E-state index in [9.17, 15) is 13.2 Å². The topological polar surface area (TPSA) is 71.4 Å². The predicted octanol–water partition coefficient (Wildman–Crippen LogP) is 1.45. The summed E-state index contributed by atoms with van der Waals surface area (Å²) in [6.07, 6.45) is 0.708. The van der Waals surface area contributed by atoms with Crippen LogP contribution in [0.25, 0.3) is 0 Å². The van der Waals surface area contributed by atoms with Crippen LogP contribution in [0.15, 0.2) is 0 Å². The molecular formula is C9H18O4S. The molecule has 0 bridgehead atoms. The number of sulfone groups is 1. The van der Waals surface area contributed by atoms with Crippen LogP contribution < -0.4 is 0 Å². The average Bonchev–Trinajstić information content (AvgIpc) is 2.05. The number of hydrogen-bond donors (Lipinski definition) is 1. The fraction of sp³-hybridized carbons (Fsp3) is 0.889. The summed E-state index contributed by atoms with van der Waals surface area (Å²) in [6.45, 7) is 4.94. The lowest BCUT2D eigenvalue weighted by Crippen LogP contribution is -2.46. The largest absolute Gasteiger partial charge is 0.480 e. The molecule has 0 atom stereocenters. The van der Waals surface area contributed by atoms with E-state index in [1.807, 2.05) is 0 Å². The van der Waals surface area contributed by atoms with E-state index < -0.39 is 20.6 Å². The molecule has 0 saturated heterocycles. The molecule has 5 heteroatoms. The zero-order chi connectivity index (χ0) is 11.4. The first-order chi connectivity index (χ1) is 6.38. The molecule has 0 aromatic rings. The number of rotatable bonds is 6. The van der Waals surface area contributed by atoms with Crippen molar-refractivity contribution in [2.75, 3.05) is 5.75 Å². The second-order valence-corrected chi connectivity index (χ2v) is 5.74. The molecule has 0 aromatic carbocycles. The van der Waals surface area contributed by atoms with Crippen LogP contribution in [-0.4, -0.2) is 30.0 Å². The Balaban J connectivity index is 5.30. The molecule has 0 aliphatic carbocycles. The smallest absolute Gasteiger partial charge is 0.325 e. The van der Waals surface area contributed by atoms with E-state index in [0.29, 0.717) is 6.42 Å². The number of carboxylic acids is 1. The molecule has 0 unspecified atom stereocenters. The van der Waals surface area contributed by atoms with Crippen LogP contribution in [0.1, 0.15) is 40.0 Å². The van der Waals surface area contributed by atoms with Gasteiger partial charge in [-0.15, -0.1) is 0 Å². The van der Waals surface area contributed by atoms with Crippen LogP contribution in [0.3, 0.4) is 0 Å². The molecule has 0 radical (unpaired) electrons. The summed E-state index contributed by atoms with van der Waals surface area (Å²) < 4.78 is 22.0. The zero-order valence-electron chi connectivity index (χ0n) is 8.91. The highest BCUT2D eigenvalue weighted by Crippen LogP contribution is 2.27. The van der Waals surface area contributed by atoms with E-state index in [2.05, 4.69) is 0 Å². The highest BCUT2D eigenvalue weighted by atomic mass is 32.2. The SMILES string of the molecule is CCCS(=O)(=O)C(CC)(CC)C(=O)O. The molecule has 0 saturated carbocycles. The summed E-state index contributed by atoms with van der Waals surface area (Å²) in [5.74, 6) is -1.28. The van der Waals surface area contributed by atoms with Crippen molar-refractivity contribution in [3.63, 3.8) is 0 Å². The molecule has 0 aliphatic heterocycles. The number of carboxylic acid groups (broad SMARTS) is 1. The van der Waals surface area contributed by atoms with Crippen LogP contribution in [-0.2, 0) is 14.6 Å². The lowest BCUT2D eigenvalue weighted by molar-refractivity contribution is -0.140. The van der Waals surface area contributed by atoms with E-state index in [0.717, 1.165) is 0 Å². The molecule has 0 aliphatic rings. The van der Waals surface area contributed by atoms with Gasteiger partial charge in [-0.25, -0.2) is 8.42 Å². The Morgan fingerprint density at radius 2 is 1.64 bits per heavy atom. The molecule has 0 spiro atoms. The third-order valence-corrected chi connectivity index (χ3v) is 5.49. The van der Waals surface area contributed by atoms with Crippen LogP contribution in [0.4, 0.5) is 0 Å². The van der Waals surface area contributed by atoms with E-state index >= 15 is 0 Å². The van der Waals surface area contributed by atoms with Crippen molar-refractivity contribution in [3.05, 3.63) is 0 Å². The maximum atomic E-state index is 11.8. The van der Waals surface area contributed by atoms with E-state index in [4.69, 9.17) is 5.11 Å². The van der Waals surface area contributed by atoms with Gasteiger partial charge in [0.2, 0.25) is 0 Å². The van der Waals surface area contributed by atoms with Crippen molar-refractivity contribution >= 4 is 15.8 Å². The van der Waals surface area contributed by atoms with Gasteiger partial charge in [-0.3, -0.25) is 4.79 Å². The zero-order valence-corrected chi connectivity index (χ0v) is 9.73. The molecule has 14 heavy (non-hydrogen) atoms. The van der Waals surface area contributed by atoms with Gasteiger partial charge in [0.1, 0.15) is 0 Å². The Hall–Kier alpha value is -0.580. The normalized spacial score (nSPS) is 12.8. The van der Waals surface area contributed by atoms with E-state index in [-0.39, 0.29) is 18.6 Å². The molecular weight excluding hydrogens is 204 g/mol. The molecule has 84 valence electrons. The Labute approximate surface area is 85.2 Å². The minimum Gasteiger partial charge on any atom is -0.480 e. The van der Waals surface area contributed by atoms with Gasteiger partial charge in [0.15, 0.2) is 14.6 Å². The number of carbonyl (C=O) groups is 1. The second kappa shape index (κ2) is 4.77. The van der Waals surface area contributed by atoms with Crippen molar-refractivity contribution in [2.45, 2.75) is 44.8 Å². The highest BCUT2D eigenvalue weighted by molar-refractivity contribution is 7.93. The molecule has 0 fully saturated rings. The van der Waals surface area contributed by atoms with Crippen molar-refractivity contribution in [1.29, 1.82) is 0 Å².